The lowest BCUT2D eigenvalue weighted by Crippen LogP contribution is -2.04. The molecule has 154 valence electrons. The molecule has 2 aromatic carbocycles. The molecule has 10 heteroatoms. The van der Waals surface area contributed by atoms with Gasteiger partial charge in [-0.05, 0) is 30.5 Å². The Kier molecular flexibility index (Phi) is 5.85. The molecule has 0 saturated heterocycles. The highest BCUT2D eigenvalue weighted by atomic mass is 35.5. The van der Waals surface area contributed by atoms with Crippen LogP contribution < -0.4 is 0 Å². The molecular weight excluding hydrogens is 471 g/mol. The molecule has 4 nitrogen and oxygen atoms in total. The van der Waals surface area contributed by atoms with E-state index in [1.54, 1.807) is 18.2 Å². The fourth-order valence-electron chi connectivity index (χ4n) is 3.08. The van der Waals surface area contributed by atoms with Gasteiger partial charge in [0.05, 0.1) is 20.9 Å². The van der Waals surface area contributed by atoms with Gasteiger partial charge in [0.15, 0.2) is 17.3 Å². The molecule has 2 heterocycles. The first-order valence-electron chi connectivity index (χ1n) is 8.55. The lowest BCUT2D eigenvalue weighted by Gasteiger charge is -2.13. The molecule has 1 N–H and O–H groups in total. The Hall–Kier alpha value is -2.00. The van der Waals surface area contributed by atoms with Crippen LogP contribution in [-0.4, -0.2) is 26.0 Å². The van der Waals surface area contributed by atoms with Crippen molar-refractivity contribution in [2.75, 3.05) is 6.26 Å². The van der Waals surface area contributed by atoms with Crippen LogP contribution in [0.15, 0.2) is 47.4 Å². The number of rotatable bonds is 4. The average Bonchev–Trinajstić information content (AvgIpc) is 3.08. The van der Waals surface area contributed by atoms with Crippen molar-refractivity contribution in [2.45, 2.75) is 10.1 Å². The van der Waals surface area contributed by atoms with E-state index in [1.165, 1.54) is 34.5 Å². The molecule has 0 spiro atoms. The smallest absolute Gasteiger partial charge is 0.215 e. The minimum atomic E-state index is -1.01. The molecule has 1 unspecified atom stereocenters. The van der Waals surface area contributed by atoms with Gasteiger partial charge in [-0.3, -0.25) is 0 Å². The highest BCUT2D eigenvalue weighted by Gasteiger charge is 2.24. The van der Waals surface area contributed by atoms with Gasteiger partial charge in [-0.1, -0.05) is 35.3 Å². The number of thiol groups is 1. The zero-order valence-electron chi connectivity index (χ0n) is 15.3. The van der Waals surface area contributed by atoms with Gasteiger partial charge in [0.2, 0.25) is 5.88 Å². The van der Waals surface area contributed by atoms with Gasteiger partial charge >= 0.3 is 0 Å². The summed E-state index contributed by atoms with van der Waals surface area (Å²) in [6.45, 7) is 0. The molecule has 0 saturated carbocycles. The number of thioether (sulfide) groups is 1. The van der Waals surface area contributed by atoms with E-state index in [1.807, 2.05) is 6.26 Å². The zero-order valence-corrected chi connectivity index (χ0v) is 18.5. The summed E-state index contributed by atoms with van der Waals surface area (Å²) in [5.74, 6) is -2.21. The summed E-state index contributed by atoms with van der Waals surface area (Å²) in [6.07, 6.45) is 1.83. The number of aromatic nitrogens is 3. The number of fused-ring (bicyclic) bond motifs is 1. The fraction of sp³-hybridized carbons (Fsp3) is 0.100. The number of nitrogens with zero attached hydrogens (tertiary/aromatic N) is 3. The van der Waals surface area contributed by atoms with E-state index >= 15 is 0 Å². The number of hydrogen-bond donors (Lipinski definition) is 2. The van der Waals surface area contributed by atoms with Crippen LogP contribution in [0.4, 0.5) is 8.78 Å². The Balaban J connectivity index is 1.91. The molecule has 0 amide bonds. The van der Waals surface area contributed by atoms with Gasteiger partial charge < -0.3 is 5.11 Å². The second-order valence-corrected chi connectivity index (χ2v) is 8.50. The van der Waals surface area contributed by atoms with Gasteiger partial charge in [-0.15, -0.1) is 11.8 Å². The highest BCUT2D eigenvalue weighted by molar-refractivity contribution is 7.99. The fourth-order valence-corrected chi connectivity index (χ4v) is 4.57. The maximum Gasteiger partial charge on any atom is 0.215 e. The van der Waals surface area contributed by atoms with E-state index in [2.05, 4.69) is 22.7 Å². The summed E-state index contributed by atoms with van der Waals surface area (Å²) in [5.41, 5.74) is 1.74. The topological polar surface area (TPSA) is 50.4 Å². The number of aromatic hydroxyl groups is 1. The lowest BCUT2D eigenvalue weighted by molar-refractivity contribution is 0.434. The van der Waals surface area contributed by atoms with Gasteiger partial charge in [0.1, 0.15) is 5.69 Å². The second kappa shape index (κ2) is 8.26. The van der Waals surface area contributed by atoms with Gasteiger partial charge in [-0.25, -0.2) is 13.8 Å². The molecule has 0 fully saturated rings. The second-order valence-electron chi connectivity index (χ2n) is 6.33. The van der Waals surface area contributed by atoms with E-state index in [4.69, 9.17) is 23.2 Å². The number of halogens is 4. The van der Waals surface area contributed by atoms with Crippen molar-refractivity contribution in [3.8, 4) is 17.1 Å². The first kappa shape index (κ1) is 21.2. The molecule has 0 bridgehead atoms. The minimum absolute atomic E-state index is 0.0146. The summed E-state index contributed by atoms with van der Waals surface area (Å²) in [5, 5.41) is 15.0. The standard InChI is InChI=1S/C20H13Cl2F2N3OS2/c1-30-19-17(10-6-5-9(21)7-12(10)22)26-27-15(28)8-14(25-20(19)27)18(29)11-3-2-4-13(23)16(11)24/h2-8,18,28-29H,1H3. The minimum Gasteiger partial charge on any atom is -0.493 e. The molecule has 30 heavy (non-hydrogen) atoms. The van der Waals surface area contributed by atoms with E-state index in [9.17, 15) is 13.9 Å². The number of hydrogen-bond acceptors (Lipinski definition) is 5. The molecule has 2 aromatic heterocycles. The average molecular weight is 484 g/mol. The third kappa shape index (κ3) is 3.62. The van der Waals surface area contributed by atoms with Crippen molar-refractivity contribution < 1.29 is 13.9 Å². The van der Waals surface area contributed by atoms with Crippen LogP contribution >= 0.6 is 47.6 Å². The van der Waals surface area contributed by atoms with Crippen molar-refractivity contribution in [3.05, 3.63) is 75.4 Å². The van der Waals surface area contributed by atoms with Crippen LogP contribution in [0.25, 0.3) is 16.9 Å². The monoisotopic (exact) mass is 483 g/mol. The predicted octanol–water partition coefficient (Wildman–Crippen LogP) is 6.43. The van der Waals surface area contributed by atoms with Crippen molar-refractivity contribution >= 4 is 53.2 Å². The van der Waals surface area contributed by atoms with Crippen LogP contribution in [0.5, 0.6) is 5.88 Å². The maximum atomic E-state index is 14.2. The molecule has 0 radical (unpaired) electrons. The van der Waals surface area contributed by atoms with E-state index < -0.39 is 16.9 Å². The third-order valence-electron chi connectivity index (χ3n) is 4.49. The van der Waals surface area contributed by atoms with Crippen LogP contribution in [0.1, 0.15) is 16.5 Å². The SMILES string of the molecule is CSc1c(-c2ccc(Cl)cc2Cl)nn2c(O)cc(C(S)c3cccc(F)c3F)nc12. The first-order valence-corrected chi connectivity index (χ1v) is 11.1. The van der Waals surface area contributed by atoms with E-state index in [-0.39, 0.29) is 17.1 Å². The third-order valence-corrected chi connectivity index (χ3v) is 6.37. The highest BCUT2D eigenvalue weighted by Crippen LogP contribution is 2.39. The molecule has 0 aliphatic rings. The Morgan fingerprint density at radius 2 is 1.93 bits per heavy atom. The zero-order chi connectivity index (χ0) is 21.6. The Morgan fingerprint density at radius 1 is 1.17 bits per heavy atom. The largest absolute Gasteiger partial charge is 0.493 e. The van der Waals surface area contributed by atoms with Crippen LogP contribution in [0, 0.1) is 11.6 Å². The lowest BCUT2D eigenvalue weighted by atomic mass is 10.1. The summed E-state index contributed by atoms with van der Waals surface area (Å²) >= 11 is 18.1. The normalized spacial score (nSPS) is 12.5. The van der Waals surface area contributed by atoms with Crippen molar-refractivity contribution in [1.29, 1.82) is 0 Å². The molecule has 0 aliphatic carbocycles. The van der Waals surface area contributed by atoms with Crippen LogP contribution in [-0.2, 0) is 0 Å². The molecular formula is C20H13Cl2F2N3OS2. The van der Waals surface area contributed by atoms with Gasteiger partial charge in [0.25, 0.3) is 0 Å². The van der Waals surface area contributed by atoms with Gasteiger partial charge in [-0.2, -0.15) is 22.2 Å². The quantitative estimate of drug-likeness (QED) is 0.259. The summed E-state index contributed by atoms with van der Waals surface area (Å²) < 4.78 is 29.1. The Labute approximate surface area is 190 Å². The Bertz CT molecular complexity index is 1280. The van der Waals surface area contributed by atoms with Crippen LogP contribution in [0.2, 0.25) is 10.0 Å². The molecule has 1 atom stereocenters. The predicted molar refractivity (Wildman–Crippen MR) is 119 cm³/mol. The van der Waals surface area contributed by atoms with Gasteiger partial charge in [0, 0.05) is 22.2 Å². The molecule has 4 aromatic rings. The van der Waals surface area contributed by atoms with Crippen LogP contribution in [0.3, 0.4) is 0 Å². The van der Waals surface area contributed by atoms with Crippen molar-refractivity contribution in [2.24, 2.45) is 0 Å². The summed E-state index contributed by atoms with van der Waals surface area (Å²) in [7, 11) is 0. The number of benzene rings is 2. The summed E-state index contributed by atoms with van der Waals surface area (Å²) in [6, 6.07) is 10.2. The van der Waals surface area contributed by atoms with Crippen molar-refractivity contribution in [3.63, 3.8) is 0 Å². The van der Waals surface area contributed by atoms with E-state index in [0.717, 1.165) is 6.07 Å². The molecule has 0 aliphatic heterocycles. The molecule has 4 rings (SSSR count). The maximum absolute atomic E-state index is 14.2. The van der Waals surface area contributed by atoms with Crippen molar-refractivity contribution in [1.82, 2.24) is 14.6 Å². The van der Waals surface area contributed by atoms with E-state index in [0.29, 0.717) is 31.8 Å². The summed E-state index contributed by atoms with van der Waals surface area (Å²) in [4.78, 5) is 5.18. The Morgan fingerprint density at radius 3 is 2.63 bits per heavy atom. The first-order chi connectivity index (χ1) is 14.3.